The van der Waals surface area contributed by atoms with Crippen molar-refractivity contribution in [3.05, 3.63) is 11.7 Å². The quantitative estimate of drug-likeness (QED) is 0.739. The van der Waals surface area contributed by atoms with Gasteiger partial charge in [-0.1, -0.05) is 19.0 Å². The van der Waals surface area contributed by atoms with Crippen molar-refractivity contribution < 1.29 is 14.4 Å². The number of carboxylic acid groups (broad SMARTS) is 1. The van der Waals surface area contributed by atoms with Gasteiger partial charge in [-0.15, -0.1) is 0 Å². The van der Waals surface area contributed by atoms with Crippen LogP contribution in [0, 0.1) is 0 Å². The highest BCUT2D eigenvalue weighted by Crippen LogP contribution is 2.05. The molecule has 96 valence electrons. The highest BCUT2D eigenvalue weighted by atomic mass is 16.5. The summed E-state index contributed by atoms with van der Waals surface area (Å²) in [6.07, 6.45) is 2.65. The van der Waals surface area contributed by atoms with E-state index >= 15 is 0 Å². The highest BCUT2D eigenvalue weighted by Gasteiger charge is 2.13. The number of carbonyl (C=O) groups is 1. The van der Waals surface area contributed by atoms with Gasteiger partial charge in [-0.25, -0.2) is 0 Å². The molecule has 0 aliphatic rings. The molecule has 0 aliphatic carbocycles. The number of hydrogen-bond acceptors (Lipinski definition) is 5. The van der Waals surface area contributed by atoms with Gasteiger partial charge >= 0.3 is 5.97 Å². The Balaban J connectivity index is 2.55. The third kappa shape index (κ3) is 4.95. The van der Waals surface area contributed by atoms with Crippen LogP contribution in [0.2, 0.25) is 0 Å². The van der Waals surface area contributed by atoms with Crippen LogP contribution < -0.4 is 0 Å². The lowest BCUT2D eigenvalue weighted by Crippen LogP contribution is -2.30. The summed E-state index contributed by atoms with van der Waals surface area (Å²) < 4.78 is 5.08. The molecule has 0 aromatic carbocycles. The lowest BCUT2D eigenvalue weighted by molar-refractivity contribution is -0.138. The number of hydrogen-bond donors (Lipinski definition) is 1. The zero-order valence-electron chi connectivity index (χ0n) is 10.3. The van der Waals surface area contributed by atoms with Crippen molar-refractivity contribution in [2.45, 2.75) is 39.7 Å². The van der Waals surface area contributed by atoms with Gasteiger partial charge in [-0.3, -0.25) is 9.69 Å². The van der Waals surface area contributed by atoms with E-state index in [1.165, 1.54) is 0 Å². The van der Waals surface area contributed by atoms with E-state index in [0.29, 0.717) is 24.8 Å². The Morgan fingerprint density at radius 3 is 2.76 bits per heavy atom. The van der Waals surface area contributed by atoms with Gasteiger partial charge in [0.1, 0.15) is 0 Å². The Hall–Kier alpha value is -1.43. The van der Waals surface area contributed by atoms with Crippen molar-refractivity contribution in [1.29, 1.82) is 0 Å². The largest absolute Gasteiger partial charge is 0.480 e. The van der Waals surface area contributed by atoms with Crippen LogP contribution in [-0.2, 0) is 17.8 Å². The van der Waals surface area contributed by atoms with Crippen molar-refractivity contribution in [2.75, 3.05) is 13.1 Å². The van der Waals surface area contributed by atoms with Crippen LogP contribution >= 0.6 is 0 Å². The molecule has 0 unspecified atom stereocenters. The molecule has 0 spiro atoms. The lowest BCUT2D eigenvalue weighted by atomic mass is 10.3. The van der Waals surface area contributed by atoms with Gasteiger partial charge in [0, 0.05) is 6.42 Å². The van der Waals surface area contributed by atoms with Crippen LogP contribution in [0.15, 0.2) is 4.52 Å². The molecule has 0 aliphatic heterocycles. The molecule has 0 bridgehead atoms. The second-order valence-corrected chi connectivity index (χ2v) is 3.96. The first-order valence-corrected chi connectivity index (χ1v) is 5.91. The predicted octanol–water partition coefficient (Wildman–Crippen LogP) is 1.32. The predicted molar refractivity (Wildman–Crippen MR) is 61.5 cm³/mol. The van der Waals surface area contributed by atoms with Crippen LogP contribution in [0.1, 0.15) is 38.4 Å². The summed E-state index contributed by atoms with van der Waals surface area (Å²) in [4.78, 5) is 16.7. The van der Waals surface area contributed by atoms with Gasteiger partial charge in [-0.2, -0.15) is 4.98 Å². The van der Waals surface area contributed by atoms with Gasteiger partial charge in [0.2, 0.25) is 5.89 Å². The molecule has 1 aromatic heterocycles. The van der Waals surface area contributed by atoms with Crippen molar-refractivity contribution in [3.8, 4) is 0 Å². The molecule has 1 rings (SSSR count). The van der Waals surface area contributed by atoms with E-state index in [2.05, 4.69) is 10.1 Å². The molecule has 1 aromatic rings. The minimum Gasteiger partial charge on any atom is -0.480 e. The molecule has 17 heavy (non-hydrogen) atoms. The van der Waals surface area contributed by atoms with Crippen molar-refractivity contribution in [1.82, 2.24) is 15.0 Å². The Bertz CT molecular complexity index is 351. The normalized spacial score (nSPS) is 11.0. The smallest absolute Gasteiger partial charge is 0.317 e. The van der Waals surface area contributed by atoms with Crippen LogP contribution in [0.5, 0.6) is 0 Å². The van der Waals surface area contributed by atoms with Crippen molar-refractivity contribution in [3.63, 3.8) is 0 Å². The Labute approximate surface area is 101 Å². The van der Waals surface area contributed by atoms with Crippen molar-refractivity contribution >= 4 is 5.97 Å². The summed E-state index contributed by atoms with van der Waals surface area (Å²) in [5, 5.41) is 12.6. The molecule has 0 saturated heterocycles. The van der Waals surface area contributed by atoms with Crippen LogP contribution in [-0.4, -0.2) is 39.2 Å². The Kier molecular flexibility index (Phi) is 5.62. The molecular formula is C11H19N3O3. The van der Waals surface area contributed by atoms with Gasteiger partial charge in [0.25, 0.3) is 0 Å². The van der Waals surface area contributed by atoms with E-state index < -0.39 is 5.97 Å². The minimum atomic E-state index is -0.841. The monoisotopic (exact) mass is 241 g/mol. The van der Waals surface area contributed by atoms with Gasteiger partial charge < -0.3 is 9.63 Å². The van der Waals surface area contributed by atoms with Crippen molar-refractivity contribution in [2.24, 2.45) is 0 Å². The fourth-order valence-electron chi connectivity index (χ4n) is 1.59. The van der Waals surface area contributed by atoms with E-state index in [0.717, 1.165) is 19.3 Å². The van der Waals surface area contributed by atoms with Crippen LogP contribution in [0.25, 0.3) is 0 Å². The molecule has 0 fully saturated rings. The third-order valence-electron chi connectivity index (χ3n) is 2.24. The van der Waals surface area contributed by atoms with Crippen LogP contribution in [0.4, 0.5) is 0 Å². The highest BCUT2D eigenvalue weighted by molar-refractivity contribution is 5.69. The number of carboxylic acids is 1. The maximum absolute atomic E-state index is 10.7. The van der Waals surface area contributed by atoms with E-state index in [-0.39, 0.29) is 6.54 Å². The summed E-state index contributed by atoms with van der Waals surface area (Å²) >= 11 is 0. The summed E-state index contributed by atoms with van der Waals surface area (Å²) in [6, 6.07) is 0. The second-order valence-electron chi connectivity index (χ2n) is 3.96. The zero-order chi connectivity index (χ0) is 12.7. The molecule has 1 heterocycles. The molecule has 6 heteroatoms. The number of aryl methyl sites for hydroxylation is 1. The summed E-state index contributed by atoms with van der Waals surface area (Å²) in [5.74, 6) is 0.337. The van der Waals surface area contributed by atoms with Gasteiger partial charge in [-0.05, 0) is 19.4 Å². The molecule has 0 radical (unpaired) electrons. The van der Waals surface area contributed by atoms with E-state index in [4.69, 9.17) is 9.63 Å². The molecule has 0 amide bonds. The second kappa shape index (κ2) is 7.01. The molecule has 1 N–H and O–H groups in total. The Morgan fingerprint density at radius 2 is 2.18 bits per heavy atom. The summed E-state index contributed by atoms with van der Waals surface area (Å²) in [5.41, 5.74) is 0. The SMILES string of the molecule is CCCc1noc(CN(CCC)CC(=O)O)n1. The summed E-state index contributed by atoms with van der Waals surface area (Å²) in [7, 11) is 0. The number of nitrogens with zero attached hydrogens (tertiary/aromatic N) is 3. The average molecular weight is 241 g/mol. The third-order valence-corrected chi connectivity index (χ3v) is 2.24. The molecule has 0 atom stereocenters. The topological polar surface area (TPSA) is 79.5 Å². The standard InChI is InChI=1S/C11H19N3O3/c1-3-5-9-12-10(17-13-9)7-14(6-4-2)8-11(15)16/h3-8H2,1-2H3,(H,15,16). The van der Waals surface area contributed by atoms with Gasteiger partial charge in [0.15, 0.2) is 5.82 Å². The maximum atomic E-state index is 10.7. The lowest BCUT2D eigenvalue weighted by Gasteiger charge is -2.16. The number of aliphatic carboxylic acids is 1. The minimum absolute atomic E-state index is 0.000664. The Morgan fingerprint density at radius 1 is 1.41 bits per heavy atom. The van der Waals surface area contributed by atoms with E-state index in [1.807, 2.05) is 13.8 Å². The first-order valence-electron chi connectivity index (χ1n) is 5.91. The average Bonchev–Trinajstić information content (AvgIpc) is 2.65. The molecule has 6 nitrogen and oxygen atoms in total. The maximum Gasteiger partial charge on any atom is 0.317 e. The van der Waals surface area contributed by atoms with Gasteiger partial charge in [0.05, 0.1) is 13.1 Å². The van der Waals surface area contributed by atoms with Crippen LogP contribution in [0.3, 0.4) is 0 Å². The number of aromatic nitrogens is 2. The number of rotatable bonds is 8. The molecular weight excluding hydrogens is 222 g/mol. The van der Waals surface area contributed by atoms with E-state index in [9.17, 15) is 4.79 Å². The fourth-order valence-corrected chi connectivity index (χ4v) is 1.59. The zero-order valence-corrected chi connectivity index (χ0v) is 10.3. The summed E-state index contributed by atoms with van der Waals surface area (Å²) in [6.45, 7) is 5.16. The first kappa shape index (κ1) is 13.6. The molecule has 0 saturated carbocycles. The fraction of sp³-hybridized carbons (Fsp3) is 0.727. The first-order chi connectivity index (χ1) is 8.15. The van der Waals surface area contributed by atoms with E-state index in [1.54, 1.807) is 4.90 Å².